The Bertz CT molecular complexity index is 1160. The summed E-state index contributed by atoms with van der Waals surface area (Å²) in [6, 6.07) is 11.2. The van der Waals surface area contributed by atoms with E-state index in [1.165, 1.54) is 43.3 Å². The smallest absolute Gasteiger partial charge is 0.412 e. The zero-order valence-corrected chi connectivity index (χ0v) is 21.3. The molecule has 0 bridgehead atoms. The zero-order valence-electron chi connectivity index (χ0n) is 21.3. The fourth-order valence-electron chi connectivity index (χ4n) is 3.03. The van der Waals surface area contributed by atoms with Crippen LogP contribution in [0.25, 0.3) is 0 Å². The van der Waals surface area contributed by atoms with Crippen molar-refractivity contribution in [2.45, 2.75) is 26.8 Å². The summed E-state index contributed by atoms with van der Waals surface area (Å²) in [5.41, 5.74) is 0.927. The lowest BCUT2D eigenvalue weighted by molar-refractivity contribution is -0.145. The van der Waals surface area contributed by atoms with Crippen LogP contribution in [0.1, 0.15) is 47.1 Å². The molecule has 0 aliphatic rings. The van der Waals surface area contributed by atoms with E-state index < -0.39 is 24.0 Å². The fraction of sp³-hybridized carbons (Fsp3) is 0.308. The minimum absolute atomic E-state index is 0.0535. The second kappa shape index (κ2) is 14.7. The van der Waals surface area contributed by atoms with Gasteiger partial charge in [-0.05, 0) is 50.2 Å². The summed E-state index contributed by atoms with van der Waals surface area (Å²) >= 11 is 0. The number of amidine groups is 1. The predicted octanol–water partition coefficient (Wildman–Crippen LogP) is 1.82. The number of benzene rings is 2. The van der Waals surface area contributed by atoms with E-state index in [4.69, 9.17) is 19.6 Å². The summed E-state index contributed by atoms with van der Waals surface area (Å²) in [4.78, 5) is 59.2. The van der Waals surface area contributed by atoms with Crippen molar-refractivity contribution in [3.05, 3.63) is 65.2 Å². The first kappa shape index (κ1) is 29.5. The van der Waals surface area contributed by atoms with E-state index in [0.717, 1.165) is 0 Å². The van der Waals surface area contributed by atoms with Gasteiger partial charge >= 0.3 is 12.1 Å². The fourth-order valence-corrected chi connectivity index (χ4v) is 3.03. The molecule has 0 spiro atoms. The minimum Gasteiger partial charge on any atom is -0.482 e. The molecule has 0 aromatic heterocycles. The lowest BCUT2D eigenvalue weighted by Gasteiger charge is -2.14. The summed E-state index contributed by atoms with van der Waals surface area (Å²) in [6.07, 6.45) is -0.854. The van der Waals surface area contributed by atoms with Gasteiger partial charge in [0.05, 0.1) is 19.2 Å². The summed E-state index contributed by atoms with van der Waals surface area (Å²) in [5.74, 6) is -1.41. The molecule has 0 saturated carbocycles. The number of rotatable bonds is 12. The van der Waals surface area contributed by atoms with E-state index >= 15 is 0 Å². The Hall–Kier alpha value is -4.74. The summed E-state index contributed by atoms with van der Waals surface area (Å²) in [7, 11) is 0. The molecule has 0 saturated heterocycles. The lowest BCUT2D eigenvalue weighted by atomic mass is 10.0. The minimum atomic E-state index is -0.854. The van der Waals surface area contributed by atoms with Gasteiger partial charge in [-0.2, -0.15) is 0 Å². The van der Waals surface area contributed by atoms with Crippen molar-refractivity contribution in [2.24, 2.45) is 0 Å². The molecule has 0 aliphatic heterocycles. The average Bonchev–Trinajstić information content (AvgIpc) is 2.90. The largest absolute Gasteiger partial charge is 0.482 e. The van der Waals surface area contributed by atoms with Crippen molar-refractivity contribution < 1.29 is 38.2 Å². The molecule has 2 aromatic rings. The topological polar surface area (TPSA) is 173 Å². The van der Waals surface area contributed by atoms with Crippen molar-refractivity contribution in [3.63, 3.8) is 0 Å². The van der Waals surface area contributed by atoms with Crippen LogP contribution in [-0.2, 0) is 19.1 Å². The number of ketones is 1. The maximum absolute atomic E-state index is 12.7. The van der Waals surface area contributed by atoms with Crippen LogP contribution in [0.2, 0.25) is 0 Å². The van der Waals surface area contributed by atoms with Crippen molar-refractivity contribution in [3.8, 4) is 5.75 Å². The van der Waals surface area contributed by atoms with Crippen LogP contribution >= 0.6 is 0 Å². The molecule has 0 radical (unpaired) electrons. The second-order valence-corrected chi connectivity index (χ2v) is 7.87. The Morgan fingerprint density at radius 1 is 0.895 bits per heavy atom. The number of carbonyl (C=O) groups is 5. The quantitative estimate of drug-likeness (QED) is 0.107. The number of nitrogens with one attached hydrogen (secondary N) is 4. The highest BCUT2D eigenvalue weighted by Crippen LogP contribution is 2.14. The molecule has 0 fully saturated rings. The molecule has 4 N–H and O–H groups in total. The van der Waals surface area contributed by atoms with Gasteiger partial charge in [0.25, 0.3) is 5.91 Å². The van der Waals surface area contributed by atoms with Gasteiger partial charge in [0.2, 0.25) is 5.91 Å². The highest BCUT2D eigenvalue weighted by atomic mass is 16.6. The van der Waals surface area contributed by atoms with E-state index in [1.807, 2.05) is 0 Å². The number of hydrogen-bond donors (Lipinski definition) is 4. The Kier molecular flexibility index (Phi) is 11.4. The van der Waals surface area contributed by atoms with Crippen LogP contribution < -0.4 is 20.7 Å². The van der Waals surface area contributed by atoms with Gasteiger partial charge in [-0.1, -0.05) is 12.1 Å². The van der Waals surface area contributed by atoms with E-state index in [2.05, 4.69) is 16.0 Å². The van der Waals surface area contributed by atoms with Crippen molar-refractivity contribution >= 4 is 35.5 Å². The molecule has 0 unspecified atom stereocenters. The number of amides is 3. The molecule has 202 valence electrons. The normalized spacial score (nSPS) is 10.9. The number of carbonyl (C=O) groups excluding carboxylic acids is 5. The highest BCUT2D eigenvalue weighted by molar-refractivity contribution is 6.06. The first-order chi connectivity index (χ1) is 18.1. The van der Waals surface area contributed by atoms with Gasteiger partial charge in [-0.3, -0.25) is 25.1 Å². The lowest BCUT2D eigenvalue weighted by Crippen LogP contribution is -2.38. The molecular formula is C26H30N4O8. The molecule has 0 heterocycles. The monoisotopic (exact) mass is 526 g/mol. The van der Waals surface area contributed by atoms with Gasteiger partial charge in [0, 0.05) is 23.6 Å². The Morgan fingerprint density at radius 2 is 1.50 bits per heavy atom. The van der Waals surface area contributed by atoms with Gasteiger partial charge < -0.3 is 24.8 Å². The van der Waals surface area contributed by atoms with Crippen LogP contribution in [0.5, 0.6) is 5.75 Å². The maximum atomic E-state index is 12.7. The number of hydrogen-bond acceptors (Lipinski definition) is 9. The first-order valence-electron chi connectivity index (χ1n) is 11.7. The van der Waals surface area contributed by atoms with Crippen molar-refractivity contribution in [1.29, 1.82) is 5.41 Å². The summed E-state index contributed by atoms with van der Waals surface area (Å²) < 4.78 is 14.9. The van der Waals surface area contributed by atoms with Crippen LogP contribution in [0.3, 0.4) is 0 Å². The second-order valence-electron chi connectivity index (χ2n) is 7.87. The summed E-state index contributed by atoms with van der Waals surface area (Å²) in [6.45, 7) is 4.69. The van der Waals surface area contributed by atoms with Gasteiger partial charge in [-0.15, -0.1) is 0 Å². The SMILES string of the molecule is CCOC(=O)COc1ccc(C(=O)[C@H](C)NC(=O)c2ccc(C(=N)NC(=O)OCCNC(C)=O)cc2)cc1. The standard InChI is InChI=1S/C26H30N4O8/c1-4-36-22(32)15-38-21-11-9-18(10-12-21)23(33)16(2)29-25(34)20-7-5-19(6-8-20)24(27)30-26(35)37-14-13-28-17(3)31/h5-12,16H,4,13-15H2,1-3H3,(H,28,31)(H,29,34)(H2,27,30,35)/t16-/m0/s1. The molecule has 1 atom stereocenters. The summed E-state index contributed by atoms with van der Waals surface area (Å²) in [5, 5.41) is 15.3. The van der Waals surface area contributed by atoms with Crippen LogP contribution in [0.4, 0.5) is 4.79 Å². The molecule has 0 aliphatic carbocycles. The Labute approximate surface area is 219 Å². The third-order valence-electron chi connectivity index (χ3n) is 4.91. The zero-order chi connectivity index (χ0) is 28.1. The number of alkyl carbamates (subject to hydrolysis) is 1. The van der Waals surface area contributed by atoms with Gasteiger partial charge in [-0.25, -0.2) is 9.59 Å². The number of esters is 1. The van der Waals surface area contributed by atoms with Crippen molar-refractivity contribution in [1.82, 2.24) is 16.0 Å². The molecule has 3 amide bonds. The molecule has 2 aromatic carbocycles. The molecule has 12 heteroatoms. The number of Topliss-reactive ketones (excluding diaryl/α,β-unsaturated/α-hetero) is 1. The first-order valence-corrected chi connectivity index (χ1v) is 11.7. The van der Waals surface area contributed by atoms with E-state index in [1.54, 1.807) is 26.0 Å². The third kappa shape index (κ3) is 9.72. The third-order valence-corrected chi connectivity index (χ3v) is 4.91. The van der Waals surface area contributed by atoms with Crippen molar-refractivity contribution in [2.75, 3.05) is 26.4 Å². The van der Waals surface area contributed by atoms with Gasteiger partial charge in [0.1, 0.15) is 18.2 Å². The molecular weight excluding hydrogens is 496 g/mol. The highest BCUT2D eigenvalue weighted by Gasteiger charge is 2.19. The average molecular weight is 527 g/mol. The predicted molar refractivity (Wildman–Crippen MR) is 136 cm³/mol. The Morgan fingerprint density at radius 3 is 2.11 bits per heavy atom. The van der Waals surface area contributed by atoms with Crippen LogP contribution in [0.15, 0.2) is 48.5 Å². The van der Waals surface area contributed by atoms with Crippen LogP contribution in [-0.4, -0.2) is 67.9 Å². The Balaban J connectivity index is 1.85. The molecule has 12 nitrogen and oxygen atoms in total. The van der Waals surface area contributed by atoms with Crippen LogP contribution in [0, 0.1) is 5.41 Å². The van der Waals surface area contributed by atoms with Gasteiger partial charge in [0.15, 0.2) is 12.4 Å². The maximum Gasteiger partial charge on any atom is 0.412 e. The van der Waals surface area contributed by atoms with E-state index in [-0.39, 0.29) is 49.5 Å². The molecule has 2 rings (SSSR count). The number of ether oxygens (including phenoxy) is 3. The van der Waals surface area contributed by atoms with E-state index in [0.29, 0.717) is 16.9 Å². The van der Waals surface area contributed by atoms with E-state index in [9.17, 15) is 24.0 Å². The molecule has 38 heavy (non-hydrogen) atoms.